The molecule has 1 aromatic rings. The Morgan fingerprint density at radius 1 is 1.19 bits per heavy atom. The Morgan fingerprint density at radius 2 is 1.88 bits per heavy atom. The molecule has 2 heteroatoms. The molecule has 1 aliphatic carbocycles. The molecule has 0 radical (unpaired) electrons. The molecule has 1 saturated carbocycles. The summed E-state index contributed by atoms with van der Waals surface area (Å²) in [5.41, 5.74) is 4.83. The third-order valence-electron chi connectivity index (χ3n) is 3.16. The van der Waals surface area contributed by atoms with Gasteiger partial charge < -0.3 is 5.11 Å². The minimum atomic E-state index is -0.113. The van der Waals surface area contributed by atoms with Crippen molar-refractivity contribution in [3.8, 4) is 0 Å². The van der Waals surface area contributed by atoms with Crippen molar-refractivity contribution in [2.45, 2.75) is 45.6 Å². The summed E-state index contributed by atoms with van der Waals surface area (Å²) >= 11 is 0. The highest BCUT2D eigenvalue weighted by molar-refractivity contribution is 5.87. The molecule has 0 aromatic heterocycles. The fourth-order valence-electron chi connectivity index (χ4n) is 2.15. The van der Waals surface area contributed by atoms with Gasteiger partial charge in [0.05, 0.1) is 11.8 Å². The highest BCUT2D eigenvalue weighted by Gasteiger charge is 2.14. The Balaban J connectivity index is 2.16. The van der Waals surface area contributed by atoms with Crippen molar-refractivity contribution in [2.75, 3.05) is 0 Å². The van der Waals surface area contributed by atoms with Crippen molar-refractivity contribution in [3.63, 3.8) is 0 Å². The topological polar surface area (TPSA) is 32.6 Å². The first-order valence-corrected chi connectivity index (χ1v) is 5.97. The van der Waals surface area contributed by atoms with Crippen LogP contribution in [0.15, 0.2) is 23.2 Å². The van der Waals surface area contributed by atoms with Gasteiger partial charge in [-0.15, -0.1) is 0 Å². The Morgan fingerprint density at radius 3 is 2.50 bits per heavy atom. The van der Waals surface area contributed by atoms with Crippen molar-refractivity contribution >= 4 is 11.4 Å². The van der Waals surface area contributed by atoms with Crippen LogP contribution in [0.3, 0.4) is 0 Å². The SMILES string of the molecule is Cc1ccc(N=C2CCC(O)CC2)c(C)c1. The van der Waals surface area contributed by atoms with Gasteiger partial charge in [-0.2, -0.15) is 0 Å². The molecule has 1 N–H and O–H groups in total. The normalized spacial score (nSPS) is 20.9. The van der Waals surface area contributed by atoms with Crippen LogP contribution >= 0.6 is 0 Å². The van der Waals surface area contributed by atoms with Gasteiger partial charge in [-0.3, -0.25) is 4.99 Å². The molecule has 0 unspecified atom stereocenters. The fourth-order valence-corrected chi connectivity index (χ4v) is 2.15. The standard InChI is InChI=1S/C14H19NO/c1-10-3-8-14(11(2)9-10)15-12-4-6-13(16)7-5-12/h3,8-9,13,16H,4-7H2,1-2H3. The van der Waals surface area contributed by atoms with Crippen LogP contribution in [0.1, 0.15) is 36.8 Å². The molecule has 2 nitrogen and oxygen atoms in total. The van der Waals surface area contributed by atoms with Crippen LogP contribution in [0.4, 0.5) is 5.69 Å². The fraction of sp³-hybridized carbons (Fsp3) is 0.500. The Hall–Kier alpha value is -1.15. The van der Waals surface area contributed by atoms with Gasteiger partial charge in [0, 0.05) is 5.71 Å². The van der Waals surface area contributed by atoms with Crippen molar-refractivity contribution in [1.82, 2.24) is 0 Å². The predicted octanol–water partition coefficient (Wildman–Crippen LogP) is 3.31. The van der Waals surface area contributed by atoms with Crippen LogP contribution in [0.5, 0.6) is 0 Å². The smallest absolute Gasteiger partial charge is 0.0658 e. The Kier molecular flexibility index (Phi) is 3.39. The monoisotopic (exact) mass is 217 g/mol. The maximum atomic E-state index is 9.43. The first-order chi connectivity index (χ1) is 7.65. The number of hydrogen-bond acceptors (Lipinski definition) is 2. The van der Waals surface area contributed by atoms with Crippen LogP contribution in [-0.2, 0) is 0 Å². The minimum Gasteiger partial charge on any atom is -0.393 e. The van der Waals surface area contributed by atoms with Gasteiger partial charge in [0.2, 0.25) is 0 Å². The number of aliphatic imine (C=N–C) groups is 1. The van der Waals surface area contributed by atoms with Gasteiger partial charge in [0.1, 0.15) is 0 Å². The van der Waals surface area contributed by atoms with E-state index in [1.165, 1.54) is 16.8 Å². The number of benzene rings is 1. The molecule has 0 atom stereocenters. The zero-order valence-corrected chi connectivity index (χ0v) is 10.0. The molecule has 1 aliphatic rings. The molecule has 0 aliphatic heterocycles. The lowest BCUT2D eigenvalue weighted by Gasteiger charge is -2.18. The summed E-state index contributed by atoms with van der Waals surface area (Å²) in [6, 6.07) is 6.35. The molecule has 0 spiro atoms. The van der Waals surface area contributed by atoms with E-state index in [1.807, 2.05) is 0 Å². The van der Waals surface area contributed by atoms with E-state index in [9.17, 15) is 5.11 Å². The van der Waals surface area contributed by atoms with E-state index in [4.69, 9.17) is 4.99 Å². The number of rotatable bonds is 1. The second kappa shape index (κ2) is 4.79. The Labute approximate surface area is 97.0 Å². The van der Waals surface area contributed by atoms with E-state index in [0.29, 0.717) is 0 Å². The van der Waals surface area contributed by atoms with Gasteiger partial charge in [-0.05, 0) is 51.2 Å². The molecular formula is C14H19NO. The molecule has 1 fully saturated rings. The van der Waals surface area contributed by atoms with E-state index in [1.54, 1.807) is 0 Å². The molecule has 0 saturated heterocycles. The third kappa shape index (κ3) is 2.70. The number of nitrogens with zero attached hydrogens (tertiary/aromatic N) is 1. The summed E-state index contributed by atoms with van der Waals surface area (Å²) in [6.45, 7) is 4.20. The van der Waals surface area contributed by atoms with Crippen molar-refractivity contribution in [1.29, 1.82) is 0 Å². The molecule has 86 valence electrons. The molecular weight excluding hydrogens is 198 g/mol. The first-order valence-electron chi connectivity index (χ1n) is 5.97. The highest BCUT2D eigenvalue weighted by atomic mass is 16.3. The maximum absolute atomic E-state index is 9.43. The van der Waals surface area contributed by atoms with Crippen LogP contribution < -0.4 is 0 Å². The van der Waals surface area contributed by atoms with Gasteiger partial charge in [0.15, 0.2) is 0 Å². The average Bonchev–Trinajstić information content (AvgIpc) is 2.25. The quantitative estimate of drug-likeness (QED) is 0.769. The van der Waals surface area contributed by atoms with E-state index in [-0.39, 0.29) is 6.10 Å². The van der Waals surface area contributed by atoms with Crippen LogP contribution in [-0.4, -0.2) is 16.9 Å². The van der Waals surface area contributed by atoms with Crippen molar-refractivity contribution < 1.29 is 5.11 Å². The van der Waals surface area contributed by atoms with E-state index < -0.39 is 0 Å². The lowest BCUT2D eigenvalue weighted by atomic mass is 9.95. The number of aliphatic hydroxyl groups excluding tert-OH is 1. The van der Waals surface area contributed by atoms with Gasteiger partial charge in [-0.25, -0.2) is 0 Å². The second-order valence-electron chi connectivity index (χ2n) is 4.70. The minimum absolute atomic E-state index is 0.113. The summed E-state index contributed by atoms with van der Waals surface area (Å²) in [6.07, 6.45) is 3.49. The summed E-state index contributed by atoms with van der Waals surface area (Å²) < 4.78 is 0. The van der Waals surface area contributed by atoms with Crippen molar-refractivity contribution in [3.05, 3.63) is 29.3 Å². The van der Waals surface area contributed by atoms with E-state index in [2.05, 4.69) is 32.0 Å². The number of aryl methyl sites for hydroxylation is 2. The van der Waals surface area contributed by atoms with Gasteiger partial charge in [0.25, 0.3) is 0 Å². The van der Waals surface area contributed by atoms with Crippen LogP contribution in [0, 0.1) is 13.8 Å². The van der Waals surface area contributed by atoms with E-state index in [0.717, 1.165) is 31.4 Å². The molecule has 1 aromatic carbocycles. The summed E-state index contributed by atoms with van der Waals surface area (Å²) in [5.74, 6) is 0. The molecule has 2 rings (SSSR count). The number of aliphatic hydroxyl groups is 1. The van der Waals surface area contributed by atoms with Gasteiger partial charge >= 0.3 is 0 Å². The average molecular weight is 217 g/mol. The maximum Gasteiger partial charge on any atom is 0.0658 e. The lowest BCUT2D eigenvalue weighted by molar-refractivity contribution is 0.152. The Bertz CT molecular complexity index is 399. The molecule has 0 heterocycles. The zero-order chi connectivity index (χ0) is 11.5. The lowest BCUT2D eigenvalue weighted by Crippen LogP contribution is -2.17. The number of hydrogen-bond donors (Lipinski definition) is 1. The summed E-state index contributed by atoms with van der Waals surface area (Å²) in [5, 5.41) is 9.43. The summed E-state index contributed by atoms with van der Waals surface area (Å²) in [7, 11) is 0. The third-order valence-corrected chi connectivity index (χ3v) is 3.16. The molecule has 16 heavy (non-hydrogen) atoms. The molecule has 0 amide bonds. The van der Waals surface area contributed by atoms with E-state index >= 15 is 0 Å². The first kappa shape index (κ1) is 11.3. The van der Waals surface area contributed by atoms with Crippen LogP contribution in [0.2, 0.25) is 0 Å². The van der Waals surface area contributed by atoms with Crippen molar-refractivity contribution in [2.24, 2.45) is 4.99 Å². The van der Waals surface area contributed by atoms with Gasteiger partial charge in [-0.1, -0.05) is 17.7 Å². The largest absolute Gasteiger partial charge is 0.393 e. The predicted molar refractivity (Wildman–Crippen MR) is 67.5 cm³/mol. The second-order valence-corrected chi connectivity index (χ2v) is 4.70. The van der Waals surface area contributed by atoms with Crippen LogP contribution in [0.25, 0.3) is 0 Å². The zero-order valence-electron chi connectivity index (χ0n) is 10.0. The summed E-state index contributed by atoms with van der Waals surface area (Å²) in [4.78, 5) is 4.70. The molecule has 0 bridgehead atoms. The highest BCUT2D eigenvalue weighted by Crippen LogP contribution is 2.23.